The summed E-state index contributed by atoms with van der Waals surface area (Å²) in [5, 5.41) is 12.4. The third-order valence-corrected chi connectivity index (χ3v) is 4.96. The van der Waals surface area contributed by atoms with Crippen molar-refractivity contribution in [1.82, 2.24) is 14.9 Å². The molecule has 1 saturated heterocycles. The lowest BCUT2D eigenvalue weighted by atomic mass is 10.1. The summed E-state index contributed by atoms with van der Waals surface area (Å²) >= 11 is 0. The first-order chi connectivity index (χ1) is 14.4. The summed E-state index contributed by atoms with van der Waals surface area (Å²) in [7, 11) is 0. The maximum absolute atomic E-state index is 13.7. The predicted molar refractivity (Wildman–Crippen MR) is 113 cm³/mol. The number of hydrogen-bond acceptors (Lipinski definition) is 7. The van der Waals surface area contributed by atoms with Crippen LogP contribution in [-0.4, -0.2) is 51.2 Å². The Labute approximate surface area is 174 Å². The zero-order valence-corrected chi connectivity index (χ0v) is 17.0. The van der Waals surface area contributed by atoms with Gasteiger partial charge in [-0.1, -0.05) is 0 Å². The van der Waals surface area contributed by atoms with E-state index in [4.69, 9.17) is 5.73 Å². The molecule has 2 heterocycles. The molecule has 0 spiro atoms. The average Bonchev–Trinajstić information content (AvgIpc) is 2.74. The first kappa shape index (κ1) is 21.2. The van der Waals surface area contributed by atoms with E-state index in [9.17, 15) is 14.3 Å². The van der Waals surface area contributed by atoms with Crippen LogP contribution in [0.3, 0.4) is 0 Å². The fourth-order valence-electron chi connectivity index (χ4n) is 3.21. The monoisotopic (exact) mass is 412 g/mol. The minimum Gasteiger partial charge on any atom is -0.505 e. The van der Waals surface area contributed by atoms with Crippen LogP contribution in [0, 0.1) is 12.7 Å². The van der Waals surface area contributed by atoms with Crippen LogP contribution in [0.4, 0.5) is 10.3 Å². The first-order valence-electron chi connectivity index (χ1n) is 9.67. The van der Waals surface area contributed by atoms with Crippen molar-refractivity contribution in [3.8, 4) is 17.0 Å². The van der Waals surface area contributed by atoms with Crippen LogP contribution in [0.15, 0.2) is 41.3 Å². The number of aromatic hydroxyl groups is 1. The van der Waals surface area contributed by atoms with E-state index in [1.165, 1.54) is 18.3 Å². The number of anilines is 1. The molecule has 0 aliphatic carbocycles. The number of aryl methyl sites for hydroxylation is 1. The number of halogens is 1. The molecule has 1 amide bonds. The normalized spacial score (nSPS) is 15.6. The molecule has 0 unspecified atom stereocenters. The van der Waals surface area contributed by atoms with Crippen molar-refractivity contribution in [3.05, 3.63) is 47.7 Å². The van der Waals surface area contributed by atoms with Crippen LogP contribution in [-0.2, 0) is 4.79 Å². The van der Waals surface area contributed by atoms with Gasteiger partial charge in [0.15, 0.2) is 11.6 Å². The van der Waals surface area contributed by atoms with Gasteiger partial charge in [-0.05, 0) is 43.5 Å². The number of amides is 1. The SMILES string of the molecule is CC(=O)N1CCC(N=CC(=CN)Nc2ncc(C)c(-c3ccc(O)c(F)c3)n2)CC1. The summed E-state index contributed by atoms with van der Waals surface area (Å²) in [6.07, 6.45) is 6.23. The lowest BCUT2D eigenvalue weighted by Crippen LogP contribution is -2.38. The van der Waals surface area contributed by atoms with E-state index in [-0.39, 0.29) is 11.9 Å². The number of carbonyl (C=O) groups is 1. The van der Waals surface area contributed by atoms with Crippen molar-refractivity contribution >= 4 is 18.1 Å². The van der Waals surface area contributed by atoms with Crippen LogP contribution in [0.1, 0.15) is 25.3 Å². The topological polar surface area (TPSA) is 117 Å². The smallest absolute Gasteiger partial charge is 0.227 e. The Morgan fingerprint density at radius 3 is 2.77 bits per heavy atom. The maximum atomic E-state index is 13.7. The van der Waals surface area contributed by atoms with Gasteiger partial charge in [0.05, 0.1) is 17.4 Å². The average molecular weight is 412 g/mol. The van der Waals surface area contributed by atoms with E-state index >= 15 is 0 Å². The number of aromatic nitrogens is 2. The standard InChI is InChI=1S/C21H25FN6O2/c1-13-11-25-21(27-20(13)15-3-4-19(30)18(22)9-15)26-17(10-23)12-24-16-5-7-28(8-6-16)14(2)29/h3-4,9-12,16,30H,5-8,23H2,1-2H3,(H,25,26,27). The molecule has 0 radical (unpaired) electrons. The first-order valence-corrected chi connectivity index (χ1v) is 9.67. The number of nitrogens with two attached hydrogens (primary N) is 1. The van der Waals surface area contributed by atoms with Gasteiger partial charge in [-0.25, -0.2) is 14.4 Å². The molecular formula is C21H25FN6O2. The highest BCUT2D eigenvalue weighted by Crippen LogP contribution is 2.26. The van der Waals surface area contributed by atoms with E-state index < -0.39 is 11.6 Å². The van der Waals surface area contributed by atoms with Crippen molar-refractivity contribution < 1.29 is 14.3 Å². The van der Waals surface area contributed by atoms with Gasteiger partial charge in [0, 0.05) is 44.2 Å². The summed E-state index contributed by atoms with van der Waals surface area (Å²) in [6, 6.07) is 4.22. The van der Waals surface area contributed by atoms with Crippen molar-refractivity contribution in [2.45, 2.75) is 32.7 Å². The predicted octanol–water partition coefficient (Wildman–Crippen LogP) is 2.59. The molecule has 3 rings (SSSR count). The molecule has 4 N–H and O–H groups in total. The number of carbonyl (C=O) groups excluding carboxylic acids is 1. The molecule has 9 heteroatoms. The molecule has 1 aromatic heterocycles. The lowest BCUT2D eigenvalue weighted by molar-refractivity contribution is -0.129. The molecule has 158 valence electrons. The Morgan fingerprint density at radius 1 is 1.40 bits per heavy atom. The number of phenols is 1. The van der Waals surface area contributed by atoms with Crippen LogP contribution >= 0.6 is 0 Å². The van der Waals surface area contributed by atoms with Crippen molar-refractivity contribution in [3.63, 3.8) is 0 Å². The Kier molecular flexibility index (Phi) is 6.61. The van der Waals surface area contributed by atoms with Gasteiger partial charge in [0.2, 0.25) is 11.9 Å². The summed E-state index contributed by atoms with van der Waals surface area (Å²) < 4.78 is 13.7. The summed E-state index contributed by atoms with van der Waals surface area (Å²) in [5.41, 5.74) is 8.06. The Hall–Kier alpha value is -3.49. The number of benzene rings is 1. The van der Waals surface area contributed by atoms with Crippen LogP contribution in [0.25, 0.3) is 11.3 Å². The lowest BCUT2D eigenvalue weighted by Gasteiger charge is -2.29. The molecule has 1 fully saturated rings. The summed E-state index contributed by atoms with van der Waals surface area (Å²) in [4.78, 5) is 26.5. The van der Waals surface area contributed by atoms with Gasteiger partial charge in [0.1, 0.15) is 0 Å². The van der Waals surface area contributed by atoms with Gasteiger partial charge in [-0.3, -0.25) is 9.79 Å². The Morgan fingerprint density at radius 2 is 2.13 bits per heavy atom. The van der Waals surface area contributed by atoms with Crippen molar-refractivity contribution in [2.75, 3.05) is 18.4 Å². The number of hydrogen-bond donors (Lipinski definition) is 3. The highest BCUT2D eigenvalue weighted by atomic mass is 19.1. The van der Waals surface area contributed by atoms with Gasteiger partial charge >= 0.3 is 0 Å². The fourth-order valence-corrected chi connectivity index (χ4v) is 3.21. The highest BCUT2D eigenvalue weighted by Gasteiger charge is 2.19. The number of phenolic OH excluding ortho intramolecular Hbond substituents is 1. The summed E-state index contributed by atoms with van der Waals surface area (Å²) in [6.45, 7) is 4.78. The quantitative estimate of drug-likeness (QED) is 0.650. The van der Waals surface area contributed by atoms with Crippen LogP contribution in [0.5, 0.6) is 5.75 Å². The second-order valence-corrected chi connectivity index (χ2v) is 7.15. The molecular weight excluding hydrogens is 387 g/mol. The number of allylic oxidation sites excluding steroid dienone is 1. The Balaban J connectivity index is 1.70. The van der Waals surface area contributed by atoms with E-state index in [1.807, 2.05) is 11.8 Å². The van der Waals surface area contributed by atoms with Gasteiger partial charge in [0.25, 0.3) is 0 Å². The van der Waals surface area contributed by atoms with E-state index in [1.54, 1.807) is 25.4 Å². The van der Waals surface area contributed by atoms with Crippen molar-refractivity contribution in [1.29, 1.82) is 0 Å². The number of nitrogens with zero attached hydrogens (tertiary/aromatic N) is 4. The van der Waals surface area contributed by atoms with Gasteiger partial charge < -0.3 is 21.1 Å². The molecule has 1 aromatic carbocycles. The highest BCUT2D eigenvalue weighted by molar-refractivity contribution is 5.82. The van der Waals surface area contributed by atoms with Crippen LogP contribution in [0.2, 0.25) is 0 Å². The number of piperidine rings is 1. The zero-order chi connectivity index (χ0) is 21.7. The van der Waals surface area contributed by atoms with E-state index in [2.05, 4.69) is 20.3 Å². The Bertz CT molecular complexity index is 983. The van der Waals surface area contributed by atoms with E-state index in [0.29, 0.717) is 36.0 Å². The van der Waals surface area contributed by atoms with Crippen LogP contribution < -0.4 is 11.1 Å². The molecule has 0 atom stereocenters. The zero-order valence-electron chi connectivity index (χ0n) is 17.0. The summed E-state index contributed by atoms with van der Waals surface area (Å²) in [5.74, 6) is -0.755. The molecule has 0 bridgehead atoms. The molecule has 0 saturated carbocycles. The largest absolute Gasteiger partial charge is 0.505 e. The molecule has 1 aliphatic rings. The molecule has 2 aromatic rings. The van der Waals surface area contributed by atoms with Gasteiger partial charge in [-0.2, -0.15) is 0 Å². The minimum atomic E-state index is -0.717. The third-order valence-electron chi connectivity index (χ3n) is 4.96. The number of aliphatic imine (C=N–C) groups is 1. The number of likely N-dealkylation sites (tertiary alicyclic amines) is 1. The fraction of sp³-hybridized carbons (Fsp3) is 0.333. The van der Waals surface area contributed by atoms with Gasteiger partial charge in [-0.15, -0.1) is 0 Å². The third kappa shape index (κ3) is 5.11. The second-order valence-electron chi connectivity index (χ2n) is 7.15. The molecule has 30 heavy (non-hydrogen) atoms. The second kappa shape index (κ2) is 9.34. The van der Waals surface area contributed by atoms with E-state index in [0.717, 1.165) is 18.4 Å². The number of rotatable bonds is 5. The molecule has 1 aliphatic heterocycles. The molecule has 8 nitrogen and oxygen atoms in total. The number of nitrogens with one attached hydrogen (secondary N) is 1. The minimum absolute atomic E-state index is 0.0856. The van der Waals surface area contributed by atoms with Crippen molar-refractivity contribution in [2.24, 2.45) is 10.7 Å². The maximum Gasteiger partial charge on any atom is 0.227 e.